The van der Waals surface area contributed by atoms with E-state index in [2.05, 4.69) is 13.8 Å². The van der Waals surface area contributed by atoms with Crippen LogP contribution in [0.1, 0.15) is 129 Å². The zero-order valence-electron chi connectivity index (χ0n) is 16.8. The Balaban J connectivity index is 3.01. The molecular weight excluding hydrogens is 312 g/mol. The first-order valence-corrected chi connectivity index (χ1v) is 12.0. The van der Waals surface area contributed by atoms with Crippen molar-refractivity contribution in [1.82, 2.24) is 0 Å². The summed E-state index contributed by atoms with van der Waals surface area (Å²) in [5, 5.41) is 0.387. The van der Waals surface area contributed by atoms with Crippen LogP contribution < -0.4 is 0 Å². The number of carbonyl (C=O) groups excluding carboxylic acids is 1. The van der Waals surface area contributed by atoms with E-state index in [9.17, 15) is 4.79 Å². The summed E-state index contributed by atoms with van der Waals surface area (Å²) >= 11 is 1.48. The Bertz CT molecular complexity index is 252. The molecule has 0 radical (unpaired) electrons. The van der Waals surface area contributed by atoms with E-state index in [4.69, 9.17) is 0 Å². The predicted octanol–water partition coefficient (Wildman–Crippen LogP) is 8.31. The van der Waals surface area contributed by atoms with E-state index >= 15 is 0 Å². The first-order valence-electron chi connectivity index (χ1n) is 11.0. The molecule has 0 aromatic rings. The standard InChI is InChI=1S/C22H44OS/c1-3-5-6-7-8-9-10-11-12-13-14-15-16-17-18-19-20-21-22(23)24-4-2/h3-21H2,1-2H3. The number of carbonyl (C=O) groups is 1. The lowest BCUT2D eigenvalue weighted by Crippen LogP contribution is -1.92. The molecule has 0 aliphatic carbocycles. The minimum absolute atomic E-state index is 0.387. The third-order valence-electron chi connectivity index (χ3n) is 4.79. The van der Waals surface area contributed by atoms with Crippen LogP contribution in [-0.2, 0) is 4.79 Å². The second-order valence-corrected chi connectivity index (χ2v) is 8.53. The average molecular weight is 357 g/mol. The highest BCUT2D eigenvalue weighted by molar-refractivity contribution is 8.13. The van der Waals surface area contributed by atoms with Crippen molar-refractivity contribution in [2.75, 3.05) is 5.75 Å². The van der Waals surface area contributed by atoms with E-state index < -0.39 is 0 Å². The Morgan fingerprint density at radius 3 is 1.21 bits per heavy atom. The fraction of sp³-hybridized carbons (Fsp3) is 0.955. The molecule has 0 saturated heterocycles. The minimum Gasteiger partial charge on any atom is -0.287 e. The van der Waals surface area contributed by atoms with Crippen LogP contribution in [0, 0.1) is 0 Å². The summed E-state index contributed by atoms with van der Waals surface area (Å²) in [6.45, 7) is 4.34. The molecule has 0 aliphatic rings. The van der Waals surface area contributed by atoms with Crippen LogP contribution in [-0.4, -0.2) is 10.9 Å². The fourth-order valence-electron chi connectivity index (χ4n) is 3.23. The number of unbranched alkanes of at least 4 members (excludes halogenated alkanes) is 16. The fourth-order valence-corrected chi connectivity index (χ4v) is 3.84. The normalized spacial score (nSPS) is 11.1. The molecule has 0 amide bonds. The molecule has 0 bridgehead atoms. The number of hydrogen-bond acceptors (Lipinski definition) is 2. The molecular formula is C22H44OS. The minimum atomic E-state index is 0.387. The predicted molar refractivity (Wildman–Crippen MR) is 112 cm³/mol. The van der Waals surface area contributed by atoms with Gasteiger partial charge in [0, 0.05) is 6.42 Å². The zero-order valence-corrected chi connectivity index (χ0v) is 17.6. The highest BCUT2D eigenvalue weighted by atomic mass is 32.2. The number of hydrogen-bond donors (Lipinski definition) is 0. The van der Waals surface area contributed by atoms with Gasteiger partial charge >= 0.3 is 0 Å². The summed E-state index contributed by atoms with van der Waals surface area (Å²) in [5.74, 6) is 0.928. The van der Waals surface area contributed by atoms with Gasteiger partial charge in [0.25, 0.3) is 0 Å². The maximum Gasteiger partial charge on any atom is 0.188 e. The molecule has 0 heterocycles. The third kappa shape index (κ3) is 20.1. The number of thioether (sulfide) groups is 1. The van der Waals surface area contributed by atoms with Crippen molar-refractivity contribution in [2.45, 2.75) is 129 Å². The molecule has 0 saturated carbocycles. The molecule has 0 fully saturated rings. The monoisotopic (exact) mass is 356 g/mol. The van der Waals surface area contributed by atoms with Crippen LogP contribution in [0.4, 0.5) is 0 Å². The molecule has 0 atom stereocenters. The second-order valence-electron chi connectivity index (χ2n) is 7.21. The molecule has 0 N–H and O–H groups in total. The summed E-state index contributed by atoms with van der Waals surface area (Å²) in [4.78, 5) is 11.4. The van der Waals surface area contributed by atoms with Crippen molar-refractivity contribution >= 4 is 16.9 Å². The molecule has 0 unspecified atom stereocenters. The lowest BCUT2D eigenvalue weighted by molar-refractivity contribution is -0.111. The highest BCUT2D eigenvalue weighted by Gasteiger charge is 2.00. The summed E-state index contributed by atoms with van der Waals surface area (Å²) < 4.78 is 0. The van der Waals surface area contributed by atoms with Gasteiger partial charge in [0.1, 0.15) is 0 Å². The summed E-state index contributed by atoms with van der Waals surface area (Å²) in [7, 11) is 0. The van der Waals surface area contributed by atoms with Crippen LogP contribution in [0.15, 0.2) is 0 Å². The Kier molecular flexibility index (Phi) is 21.1. The molecule has 0 spiro atoms. The SMILES string of the molecule is CCCCCCCCCCCCCCCCCCCC(=O)SCC. The average Bonchev–Trinajstić information content (AvgIpc) is 2.58. The highest BCUT2D eigenvalue weighted by Crippen LogP contribution is 2.15. The van der Waals surface area contributed by atoms with E-state index in [1.807, 2.05) is 0 Å². The first-order chi connectivity index (χ1) is 11.8. The molecule has 0 aromatic carbocycles. The first kappa shape index (κ1) is 24.0. The second kappa shape index (κ2) is 21.1. The van der Waals surface area contributed by atoms with E-state index in [0.717, 1.165) is 18.6 Å². The quantitative estimate of drug-likeness (QED) is 0.216. The third-order valence-corrected chi connectivity index (χ3v) is 5.60. The zero-order chi connectivity index (χ0) is 17.7. The largest absolute Gasteiger partial charge is 0.287 e. The molecule has 0 aliphatic heterocycles. The summed E-state index contributed by atoms with van der Waals surface area (Å²) in [6.07, 6.45) is 24.5. The van der Waals surface area contributed by atoms with Crippen molar-refractivity contribution in [1.29, 1.82) is 0 Å². The van der Waals surface area contributed by atoms with E-state index in [0.29, 0.717) is 5.12 Å². The van der Waals surface area contributed by atoms with Crippen molar-refractivity contribution in [3.05, 3.63) is 0 Å². The lowest BCUT2D eigenvalue weighted by atomic mass is 10.0. The smallest absolute Gasteiger partial charge is 0.188 e. The van der Waals surface area contributed by atoms with Crippen LogP contribution in [0.25, 0.3) is 0 Å². The molecule has 0 aromatic heterocycles. The van der Waals surface area contributed by atoms with Crippen molar-refractivity contribution < 1.29 is 4.79 Å². The van der Waals surface area contributed by atoms with Gasteiger partial charge in [-0.2, -0.15) is 0 Å². The number of rotatable bonds is 19. The molecule has 1 nitrogen and oxygen atoms in total. The van der Waals surface area contributed by atoms with E-state index in [1.54, 1.807) is 0 Å². The summed E-state index contributed by atoms with van der Waals surface area (Å²) in [6, 6.07) is 0. The van der Waals surface area contributed by atoms with Gasteiger partial charge in [-0.05, 0) is 12.2 Å². The van der Waals surface area contributed by atoms with Crippen molar-refractivity contribution in [3.8, 4) is 0 Å². The maximum absolute atomic E-state index is 11.4. The lowest BCUT2D eigenvalue weighted by Gasteiger charge is -2.03. The van der Waals surface area contributed by atoms with Crippen LogP contribution in [0.3, 0.4) is 0 Å². The Labute approximate surface area is 157 Å². The van der Waals surface area contributed by atoms with Crippen LogP contribution in [0.2, 0.25) is 0 Å². The van der Waals surface area contributed by atoms with Gasteiger partial charge in [0.05, 0.1) is 0 Å². The Hall–Kier alpha value is 0.0200. The van der Waals surface area contributed by atoms with Crippen molar-refractivity contribution in [2.24, 2.45) is 0 Å². The van der Waals surface area contributed by atoms with Gasteiger partial charge in [-0.25, -0.2) is 0 Å². The summed E-state index contributed by atoms with van der Waals surface area (Å²) in [5.41, 5.74) is 0. The van der Waals surface area contributed by atoms with Gasteiger partial charge in [-0.15, -0.1) is 0 Å². The van der Waals surface area contributed by atoms with Gasteiger partial charge in [0.2, 0.25) is 0 Å². The van der Waals surface area contributed by atoms with Crippen LogP contribution in [0.5, 0.6) is 0 Å². The Morgan fingerprint density at radius 1 is 0.542 bits per heavy atom. The van der Waals surface area contributed by atoms with Gasteiger partial charge in [-0.1, -0.05) is 128 Å². The molecule has 144 valence electrons. The van der Waals surface area contributed by atoms with Crippen molar-refractivity contribution in [3.63, 3.8) is 0 Å². The van der Waals surface area contributed by atoms with Gasteiger partial charge in [0.15, 0.2) is 5.12 Å². The Morgan fingerprint density at radius 2 is 0.875 bits per heavy atom. The molecule has 24 heavy (non-hydrogen) atoms. The van der Waals surface area contributed by atoms with Gasteiger partial charge in [-0.3, -0.25) is 4.79 Å². The van der Waals surface area contributed by atoms with Crippen LogP contribution >= 0.6 is 11.8 Å². The maximum atomic E-state index is 11.4. The van der Waals surface area contributed by atoms with E-state index in [1.165, 1.54) is 114 Å². The molecule has 0 rings (SSSR count). The topological polar surface area (TPSA) is 17.1 Å². The van der Waals surface area contributed by atoms with Gasteiger partial charge < -0.3 is 0 Å². The molecule has 2 heteroatoms. The van der Waals surface area contributed by atoms with E-state index in [-0.39, 0.29) is 0 Å².